The highest BCUT2D eigenvalue weighted by molar-refractivity contribution is 6.35. The molecule has 1 atom stereocenters. The van der Waals surface area contributed by atoms with Crippen molar-refractivity contribution in [2.24, 2.45) is 0 Å². The second-order valence-electron chi connectivity index (χ2n) is 6.37. The van der Waals surface area contributed by atoms with Crippen LogP contribution in [0.4, 0.5) is 5.69 Å². The number of carbonyl (C=O) groups excluding carboxylic acids is 2. The lowest BCUT2D eigenvalue weighted by atomic mass is 10.2. The predicted octanol–water partition coefficient (Wildman–Crippen LogP) is 4.20. The number of anilines is 1. The van der Waals surface area contributed by atoms with Crippen LogP contribution in [0, 0.1) is 0 Å². The quantitative estimate of drug-likeness (QED) is 0.781. The van der Waals surface area contributed by atoms with E-state index in [1.807, 2.05) is 24.3 Å². The van der Waals surface area contributed by atoms with E-state index in [4.69, 9.17) is 27.9 Å². The van der Waals surface area contributed by atoms with Gasteiger partial charge in [0, 0.05) is 30.2 Å². The van der Waals surface area contributed by atoms with Gasteiger partial charge in [-0.05, 0) is 49.2 Å². The van der Waals surface area contributed by atoms with Crippen molar-refractivity contribution in [2.75, 3.05) is 11.4 Å². The second kappa shape index (κ2) is 8.63. The van der Waals surface area contributed by atoms with Gasteiger partial charge in [0.2, 0.25) is 5.91 Å². The van der Waals surface area contributed by atoms with E-state index in [9.17, 15) is 9.59 Å². The first kappa shape index (κ1) is 19.5. The molecule has 142 valence electrons. The number of amides is 2. The summed E-state index contributed by atoms with van der Waals surface area (Å²) in [7, 11) is 0. The zero-order valence-electron chi connectivity index (χ0n) is 14.9. The molecule has 1 aliphatic heterocycles. The summed E-state index contributed by atoms with van der Waals surface area (Å²) in [4.78, 5) is 25.8. The highest BCUT2D eigenvalue weighted by Crippen LogP contribution is 2.28. The number of ether oxygens (including phenoxy) is 1. The standard InChI is InChI=1S/C20H20Cl2N2O3/c1-13(27-18-9-6-15(21)11-17(18)22)20(26)23-12-14-4-7-16(8-5-14)24-10-2-3-19(24)25/h4-9,11,13H,2-3,10,12H2,1H3,(H,23,26). The molecule has 1 unspecified atom stereocenters. The van der Waals surface area contributed by atoms with Crippen LogP contribution < -0.4 is 15.0 Å². The normalized spacial score (nSPS) is 14.9. The van der Waals surface area contributed by atoms with Crippen molar-refractivity contribution in [1.82, 2.24) is 5.32 Å². The molecule has 3 rings (SSSR count). The topological polar surface area (TPSA) is 58.6 Å². The van der Waals surface area contributed by atoms with Gasteiger partial charge in [0.25, 0.3) is 5.91 Å². The van der Waals surface area contributed by atoms with E-state index in [-0.39, 0.29) is 11.8 Å². The van der Waals surface area contributed by atoms with Crippen molar-refractivity contribution in [1.29, 1.82) is 0 Å². The Morgan fingerprint density at radius 1 is 1.22 bits per heavy atom. The molecule has 1 fully saturated rings. The van der Waals surface area contributed by atoms with Crippen molar-refractivity contribution >= 4 is 40.7 Å². The molecular weight excluding hydrogens is 387 g/mol. The molecule has 0 bridgehead atoms. The molecular formula is C20H20Cl2N2O3. The largest absolute Gasteiger partial charge is 0.479 e. The Morgan fingerprint density at radius 2 is 1.96 bits per heavy atom. The number of nitrogens with one attached hydrogen (secondary N) is 1. The molecule has 1 aliphatic rings. The zero-order valence-corrected chi connectivity index (χ0v) is 16.4. The summed E-state index contributed by atoms with van der Waals surface area (Å²) in [6.45, 7) is 2.79. The van der Waals surface area contributed by atoms with Gasteiger partial charge in [-0.2, -0.15) is 0 Å². The minimum Gasteiger partial charge on any atom is -0.479 e. The van der Waals surface area contributed by atoms with Gasteiger partial charge >= 0.3 is 0 Å². The fourth-order valence-corrected chi connectivity index (χ4v) is 3.32. The van der Waals surface area contributed by atoms with Crippen LogP contribution >= 0.6 is 23.2 Å². The van der Waals surface area contributed by atoms with Gasteiger partial charge in [-0.25, -0.2) is 0 Å². The summed E-state index contributed by atoms with van der Waals surface area (Å²) in [5.74, 6) is 0.311. The summed E-state index contributed by atoms with van der Waals surface area (Å²) in [5, 5.41) is 3.69. The summed E-state index contributed by atoms with van der Waals surface area (Å²) in [6.07, 6.45) is 0.796. The molecule has 5 nitrogen and oxygen atoms in total. The Hall–Kier alpha value is -2.24. The molecule has 0 aromatic heterocycles. The first-order valence-corrected chi connectivity index (χ1v) is 9.48. The molecule has 1 heterocycles. The average molecular weight is 407 g/mol. The fourth-order valence-electron chi connectivity index (χ4n) is 2.86. The van der Waals surface area contributed by atoms with Crippen molar-refractivity contribution in [2.45, 2.75) is 32.4 Å². The van der Waals surface area contributed by atoms with Gasteiger partial charge in [0.1, 0.15) is 5.75 Å². The van der Waals surface area contributed by atoms with Crippen LogP contribution in [0.3, 0.4) is 0 Å². The lowest BCUT2D eigenvalue weighted by Crippen LogP contribution is -2.36. The predicted molar refractivity (Wildman–Crippen MR) is 106 cm³/mol. The maximum absolute atomic E-state index is 12.3. The third kappa shape index (κ3) is 4.93. The molecule has 0 radical (unpaired) electrons. The summed E-state index contributed by atoms with van der Waals surface area (Å²) in [5.41, 5.74) is 1.83. The van der Waals surface area contributed by atoms with E-state index in [0.29, 0.717) is 28.8 Å². The maximum atomic E-state index is 12.3. The van der Waals surface area contributed by atoms with Crippen molar-refractivity contribution < 1.29 is 14.3 Å². The fraction of sp³-hybridized carbons (Fsp3) is 0.300. The van der Waals surface area contributed by atoms with Crippen molar-refractivity contribution in [3.63, 3.8) is 0 Å². The number of carbonyl (C=O) groups is 2. The van der Waals surface area contributed by atoms with Gasteiger partial charge in [-0.15, -0.1) is 0 Å². The van der Waals surface area contributed by atoms with Gasteiger partial charge in [-0.3, -0.25) is 9.59 Å². The van der Waals surface area contributed by atoms with E-state index < -0.39 is 6.10 Å². The molecule has 1 saturated heterocycles. The Bertz CT molecular complexity index is 840. The van der Waals surface area contributed by atoms with Crippen LogP contribution in [0.2, 0.25) is 10.0 Å². The van der Waals surface area contributed by atoms with Crippen LogP contribution in [0.25, 0.3) is 0 Å². The van der Waals surface area contributed by atoms with Gasteiger partial charge in [0.05, 0.1) is 5.02 Å². The number of hydrogen-bond acceptors (Lipinski definition) is 3. The number of hydrogen-bond donors (Lipinski definition) is 1. The lowest BCUT2D eigenvalue weighted by Gasteiger charge is -2.17. The van der Waals surface area contributed by atoms with Crippen molar-refractivity contribution in [3.05, 3.63) is 58.1 Å². The Kier molecular flexibility index (Phi) is 6.24. The molecule has 7 heteroatoms. The van der Waals surface area contributed by atoms with Gasteiger partial charge < -0.3 is 15.0 Å². The third-order valence-corrected chi connectivity index (χ3v) is 4.89. The molecule has 0 spiro atoms. The summed E-state index contributed by atoms with van der Waals surface area (Å²) < 4.78 is 5.60. The van der Waals surface area contributed by atoms with Crippen LogP contribution in [0.5, 0.6) is 5.75 Å². The molecule has 2 amide bonds. The molecule has 27 heavy (non-hydrogen) atoms. The molecule has 0 saturated carbocycles. The van der Waals surface area contributed by atoms with Gasteiger partial charge in [-0.1, -0.05) is 35.3 Å². The molecule has 1 N–H and O–H groups in total. The number of halogens is 2. The van der Waals surface area contributed by atoms with Crippen LogP contribution in [0.15, 0.2) is 42.5 Å². The van der Waals surface area contributed by atoms with Gasteiger partial charge in [0.15, 0.2) is 6.10 Å². The number of benzene rings is 2. The van der Waals surface area contributed by atoms with Crippen LogP contribution in [-0.4, -0.2) is 24.5 Å². The SMILES string of the molecule is CC(Oc1ccc(Cl)cc1Cl)C(=O)NCc1ccc(N2CCCC2=O)cc1. The smallest absolute Gasteiger partial charge is 0.261 e. The lowest BCUT2D eigenvalue weighted by molar-refractivity contribution is -0.127. The minimum atomic E-state index is -0.704. The monoisotopic (exact) mass is 406 g/mol. The maximum Gasteiger partial charge on any atom is 0.261 e. The Morgan fingerprint density at radius 3 is 2.59 bits per heavy atom. The zero-order chi connectivity index (χ0) is 19.4. The highest BCUT2D eigenvalue weighted by atomic mass is 35.5. The van der Waals surface area contributed by atoms with E-state index in [2.05, 4.69) is 5.32 Å². The molecule has 2 aromatic rings. The Labute approximate surface area is 168 Å². The molecule has 0 aliphatic carbocycles. The minimum absolute atomic E-state index is 0.155. The van der Waals surface area contributed by atoms with E-state index in [1.54, 1.807) is 30.0 Å². The first-order chi connectivity index (χ1) is 12.9. The van der Waals surface area contributed by atoms with Crippen molar-refractivity contribution in [3.8, 4) is 5.75 Å². The second-order valence-corrected chi connectivity index (χ2v) is 7.21. The average Bonchev–Trinajstić information content (AvgIpc) is 3.08. The van der Waals surface area contributed by atoms with E-state index in [0.717, 1.165) is 24.2 Å². The first-order valence-electron chi connectivity index (χ1n) is 8.73. The number of nitrogens with zero attached hydrogens (tertiary/aromatic N) is 1. The summed E-state index contributed by atoms with van der Waals surface area (Å²) >= 11 is 11.9. The Balaban J connectivity index is 1.53. The van der Waals surface area contributed by atoms with E-state index in [1.165, 1.54) is 0 Å². The van der Waals surface area contributed by atoms with Crippen LogP contribution in [-0.2, 0) is 16.1 Å². The highest BCUT2D eigenvalue weighted by Gasteiger charge is 2.21. The third-order valence-electron chi connectivity index (χ3n) is 4.36. The number of rotatable bonds is 6. The van der Waals surface area contributed by atoms with Crippen LogP contribution in [0.1, 0.15) is 25.3 Å². The molecule has 2 aromatic carbocycles. The summed E-state index contributed by atoms with van der Waals surface area (Å²) in [6, 6.07) is 12.5. The van der Waals surface area contributed by atoms with E-state index >= 15 is 0 Å².